The molecular formula is C36H35FN5O7S2+. The number of fused-ring (bicyclic) bond motifs is 1. The molecule has 3 aromatic rings. The summed E-state index contributed by atoms with van der Waals surface area (Å²) in [7, 11) is 0. The number of aryl methyl sites for hydroxylation is 2. The number of phenolic OH excluding ortho intramolecular Hbond substituents is 1. The van der Waals surface area contributed by atoms with Crippen molar-refractivity contribution in [3.05, 3.63) is 106 Å². The van der Waals surface area contributed by atoms with E-state index in [2.05, 4.69) is 10.6 Å². The number of thioether (sulfide) groups is 2. The summed E-state index contributed by atoms with van der Waals surface area (Å²) >= 11 is 2.71. The van der Waals surface area contributed by atoms with E-state index in [0.29, 0.717) is 30.7 Å². The Labute approximate surface area is 301 Å². The number of amides is 4. The number of aliphatic carboxylic acids is 1. The standard InChI is InChI=1S/C36H34FN5O7S2/c1-20-11-21(2)13-26(12-20)50-19-30(45)39-31-34(47)42-32(36(48)49)24(18-51-35(31)42)14-23-7-10-41(33(23)46)16-22-5-8-40(9-6-22)17-29(44)38-25-3-4-28(43)27(37)15-25/h3-6,8-9,11-15,31,35H,7,10,16-19H2,1-2H3,(H3-,38,39,43,44,45,48,49)/p+1/t31-,35-/m1/s1. The quantitative estimate of drug-likeness (QED) is 0.0763. The second kappa shape index (κ2) is 15.0. The molecule has 0 radical (unpaired) electrons. The van der Waals surface area contributed by atoms with Gasteiger partial charge in [-0.2, -0.15) is 4.57 Å². The van der Waals surface area contributed by atoms with E-state index in [1.807, 2.05) is 32.0 Å². The third-order valence-electron chi connectivity index (χ3n) is 8.53. The molecule has 2 fully saturated rings. The van der Waals surface area contributed by atoms with Gasteiger partial charge < -0.3 is 25.7 Å². The van der Waals surface area contributed by atoms with Crippen LogP contribution in [0.4, 0.5) is 10.1 Å². The van der Waals surface area contributed by atoms with Crippen molar-refractivity contribution in [2.75, 3.05) is 23.4 Å². The van der Waals surface area contributed by atoms with Crippen LogP contribution in [0.2, 0.25) is 0 Å². The number of allylic oxidation sites excluding steroid dienone is 1. The molecule has 4 amide bonds. The average Bonchev–Trinajstić information content (AvgIpc) is 3.42. The number of phenols is 1. The Hall–Kier alpha value is -5.15. The predicted octanol–water partition coefficient (Wildman–Crippen LogP) is 3.26. The fourth-order valence-corrected chi connectivity index (χ4v) is 8.39. The summed E-state index contributed by atoms with van der Waals surface area (Å²) in [4.78, 5) is 67.8. The maximum Gasteiger partial charge on any atom is 0.352 e. The lowest BCUT2D eigenvalue weighted by molar-refractivity contribution is -0.684. The molecule has 51 heavy (non-hydrogen) atoms. The lowest BCUT2D eigenvalue weighted by Crippen LogP contribution is -2.70. The van der Waals surface area contributed by atoms with E-state index in [1.165, 1.54) is 34.5 Å². The van der Waals surface area contributed by atoms with E-state index >= 15 is 0 Å². The minimum atomic E-state index is -1.28. The minimum Gasteiger partial charge on any atom is -0.505 e. The number of carboxylic acids is 1. The number of pyridine rings is 1. The highest BCUT2D eigenvalue weighted by Crippen LogP contribution is 2.41. The number of rotatable bonds is 11. The molecule has 0 saturated carbocycles. The largest absolute Gasteiger partial charge is 0.505 e. The van der Waals surface area contributed by atoms with Crippen LogP contribution in [0.15, 0.2) is 88.7 Å². The van der Waals surface area contributed by atoms with Crippen LogP contribution in [-0.4, -0.2) is 79.1 Å². The molecule has 2 aromatic carbocycles. The number of likely N-dealkylation sites (tertiary alicyclic amines) is 1. The number of aromatic nitrogens is 1. The summed E-state index contributed by atoms with van der Waals surface area (Å²) in [6.07, 6.45) is 5.35. The molecule has 3 aliphatic rings. The molecule has 3 aliphatic heterocycles. The number of carbonyl (C=O) groups excluding carboxylic acids is 4. The van der Waals surface area contributed by atoms with Crippen molar-refractivity contribution >= 4 is 58.8 Å². The zero-order valence-corrected chi connectivity index (χ0v) is 29.4. The molecule has 4 heterocycles. The number of hydrogen-bond donors (Lipinski definition) is 4. The Morgan fingerprint density at radius 2 is 1.78 bits per heavy atom. The van der Waals surface area contributed by atoms with Crippen LogP contribution in [0.1, 0.15) is 23.1 Å². The third kappa shape index (κ3) is 8.10. The highest BCUT2D eigenvalue weighted by molar-refractivity contribution is 8.00. The Balaban J connectivity index is 1.04. The van der Waals surface area contributed by atoms with E-state index in [9.17, 15) is 38.6 Å². The van der Waals surface area contributed by atoms with Crippen molar-refractivity contribution in [1.82, 2.24) is 15.1 Å². The van der Waals surface area contributed by atoms with Gasteiger partial charge in [-0.3, -0.25) is 24.1 Å². The predicted molar refractivity (Wildman–Crippen MR) is 188 cm³/mol. The third-order valence-corrected chi connectivity index (χ3v) is 10.8. The summed E-state index contributed by atoms with van der Waals surface area (Å²) in [5, 5.41) is 24.2. The monoisotopic (exact) mass is 732 g/mol. The van der Waals surface area contributed by atoms with Crippen LogP contribution in [0.5, 0.6) is 5.75 Å². The first-order chi connectivity index (χ1) is 24.4. The van der Waals surface area contributed by atoms with Crippen molar-refractivity contribution in [2.45, 2.75) is 49.7 Å². The summed E-state index contributed by atoms with van der Waals surface area (Å²) in [5.41, 5.74) is 3.84. The number of benzene rings is 2. The summed E-state index contributed by atoms with van der Waals surface area (Å²) in [6.45, 7) is 4.64. The van der Waals surface area contributed by atoms with Crippen LogP contribution < -0.4 is 15.2 Å². The van der Waals surface area contributed by atoms with Crippen LogP contribution in [0.25, 0.3) is 0 Å². The fourth-order valence-electron chi connectivity index (χ4n) is 6.17. The van der Waals surface area contributed by atoms with Gasteiger partial charge in [0, 0.05) is 53.2 Å². The molecule has 12 nitrogen and oxygen atoms in total. The van der Waals surface area contributed by atoms with Crippen molar-refractivity contribution in [3.63, 3.8) is 0 Å². The normalized spacial score (nSPS) is 19.2. The fraction of sp³-hybridized carbons (Fsp3) is 0.278. The van der Waals surface area contributed by atoms with Crippen LogP contribution >= 0.6 is 23.5 Å². The van der Waals surface area contributed by atoms with Crippen molar-refractivity contribution in [1.29, 1.82) is 0 Å². The smallest absolute Gasteiger partial charge is 0.352 e. The number of anilines is 1. The SMILES string of the molecule is Cc1cc(C)cc(SCC(=O)N[C@@H]2C(=O)N3C(C(=O)O)=C(C=C4CCN(Cc5cc[n+](CC(=O)Nc6ccc(O)c(F)c6)cc5)C4=O)CS[C@H]23)c1. The van der Waals surface area contributed by atoms with Gasteiger partial charge in [0.15, 0.2) is 24.0 Å². The molecule has 2 atom stereocenters. The van der Waals surface area contributed by atoms with E-state index in [1.54, 1.807) is 40.1 Å². The second-order valence-corrected chi connectivity index (χ2v) is 14.6. The van der Waals surface area contributed by atoms with Crippen LogP contribution in [0.3, 0.4) is 0 Å². The molecule has 1 aromatic heterocycles. The van der Waals surface area contributed by atoms with Gasteiger partial charge in [-0.15, -0.1) is 23.5 Å². The highest BCUT2D eigenvalue weighted by Gasteiger charge is 2.54. The Morgan fingerprint density at radius 3 is 2.47 bits per heavy atom. The molecule has 0 spiro atoms. The minimum absolute atomic E-state index is 0.0440. The van der Waals surface area contributed by atoms with Gasteiger partial charge in [0.2, 0.25) is 18.4 Å². The number of aromatic hydroxyl groups is 1. The zero-order valence-electron chi connectivity index (χ0n) is 27.7. The zero-order chi connectivity index (χ0) is 36.4. The van der Waals surface area contributed by atoms with E-state index in [-0.39, 0.29) is 41.2 Å². The molecule has 0 bridgehead atoms. The first kappa shape index (κ1) is 35.7. The topological polar surface area (TPSA) is 160 Å². The van der Waals surface area contributed by atoms with E-state index in [4.69, 9.17) is 0 Å². The number of halogens is 1. The summed E-state index contributed by atoms with van der Waals surface area (Å²) < 4.78 is 15.2. The average molecular weight is 733 g/mol. The van der Waals surface area contributed by atoms with Crippen molar-refractivity contribution < 1.29 is 43.1 Å². The summed E-state index contributed by atoms with van der Waals surface area (Å²) in [6, 6.07) is 12.3. The molecular weight excluding hydrogens is 698 g/mol. The van der Waals surface area contributed by atoms with Gasteiger partial charge in [-0.1, -0.05) is 6.07 Å². The lowest BCUT2D eigenvalue weighted by atomic mass is 10.0. The molecule has 15 heteroatoms. The molecule has 2 saturated heterocycles. The van der Waals surface area contributed by atoms with Crippen LogP contribution in [-0.2, 0) is 37.1 Å². The second-order valence-electron chi connectivity index (χ2n) is 12.5. The van der Waals surface area contributed by atoms with Gasteiger partial charge in [-0.05, 0) is 72.9 Å². The Bertz CT molecular complexity index is 1980. The van der Waals surface area contributed by atoms with Gasteiger partial charge in [-0.25, -0.2) is 9.18 Å². The Morgan fingerprint density at radius 1 is 1.06 bits per heavy atom. The number of nitrogens with zero attached hydrogens (tertiary/aromatic N) is 3. The van der Waals surface area contributed by atoms with Crippen molar-refractivity contribution in [2.24, 2.45) is 0 Å². The maximum atomic E-state index is 13.6. The maximum absolute atomic E-state index is 13.6. The summed E-state index contributed by atoms with van der Waals surface area (Å²) in [5.74, 6) is -3.71. The number of hydrogen-bond acceptors (Lipinski definition) is 8. The first-order valence-electron chi connectivity index (χ1n) is 16.0. The van der Waals surface area contributed by atoms with Gasteiger partial charge in [0.1, 0.15) is 17.1 Å². The number of carbonyl (C=O) groups is 5. The number of carboxylic acid groups (broad SMARTS) is 1. The van der Waals surface area contributed by atoms with Gasteiger partial charge in [0.25, 0.3) is 11.8 Å². The van der Waals surface area contributed by atoms with Crippen molar-refractivity contribution in [3.8, 4) is 5.75 Å². The molecule has 0 unspecified atom stereocenters. The molecule has 264 valence electrons. The van der Waals surface area contributed by atoms with Gasteiger partial charge in [0.05, 0.1) is 5.75 Å². The molecule has 6 rings (SSSR count). The first-order valence-corrected chi connectivity index (χ1v) is 18.1. The van der Waals surface area contributed by atoms with E-state index < -0.39 is 40.8 Å². The molecule has 0 aliphatic carbocycles. The number of β-lactam (4-membered cyclic amide) rings is 1. The highest BCUT2D eigenvalue weighted by atomic mass is 32.2. The number of nitrogens with one attached hydrogen (secondary N) is 2. The molecule has 4 N–H and O–H groups in total. The lowest BCUT2D eigenvalue weighted by Gasteiger charge is -2.49. The van der Waals surface area contributed by atoms with Crippen LogP contribution in [0, 0.1) is 19.7 Å². The van der Waals surface area contributed by atoms with Gasteiger partial charge >= 0.3 is 5.97 Å². The van der Waals surface area contributed by atoms with E-state index in [0.717, 1.165) is 33.7 Å². The Kier molecular flexibility index (Phi) is 10.5.